The van der Waals surface area contributed by atoms with Crippen molar-refractivity contribution in [2.75, 3.05) is 11.9 Å². The molecule has 5 nitrogen and oxygen atoms in total. The molecule has 3 aromatic rings. The Balaban J connectivity index is 1.62. The van der Waals surface area contributed by atoms with Crippen molar-refractivity contribution in [2.24, 2.45) is 11.7 Å². The molecule has 0 saturated carbocycles. The fourth-order valence-corrected chi connectivity index (χ4v) is 4.04. The van der Waals surface area contributed by atoms with Crippen molar-refractivity contribution in [1.82, 2.24) is 15.2 Å². The highest BCUT2D eigenvalue weighted by atomic mass is 32.1. The van der Waals surface area contributed by atoms with E-state index in [-0.39, 0.29) is 6.04 Å². The largest absolute Gasteiger partial charge is 0.356 e. The molecule has 2 aromatic heterocycles. The average molecular weight is 426 g/mol. The predicted molar refractivity (Wildman–Crippen MR) is 128 cm³/mol. The summed E-state index contributed by atoms with van der Waals surface area (Å²) in [4.78, 5) is 4.16. The van der Waals surface area contributed by atoms with Crippen molar-refractivity contribution in [2.45, 2.75) is 32.7 Å². The number of allylic oxidation sites excluding steroid dienone is 4. The second-order valence-corrected chi connectivity index (χ2v) is 8.85. The topological polar surface area (TPSA) is 76.7 Å². The number of hydrogen-bond acceptors (Lipinski definition) is 6. The Morgan fingerprint density at radius 1 is 1.28 bits per heavy atom. The number of benzene rings is 1. The minimum atomic E-state index is 0.162. The number of pyridine rings is 1. The minimum absolute atomic E-state index is 0.162. The molecule has 0 saturated heterocycles. The number of nitrogens with two attached hydrogens (primary N) is 1. The highest BCUT2D eigenvalue weighted by Gasteiger charge is 2.14. The number of rotatable bonds is 9. The van der Waals surface area contributed by atoms with Crippen molar-refractivity contribution >= 4 is 36.5 Å². The zero-order valence-corrected chi connectivity index (χ0v) is 18.8. The SMILES string of the molecule is C/C=C(/P)C/C=C\C(C)CC(CN)Nc1nnc(-c2ccc3cnccc3c2)s1. The highest BCUT2D eigenvalue weighted by molar-refractivity contribution is 7.22. The van der Waals surface area contributed by atoms with Crippen LogP contribution in [0.3, 0.4) is 0 Å². The monoisotopic (exact) mass is 425 g/mol. The molecule has 152 valence electrons. The molecule has 1 aromatic carbocycles. The number of nitrogens with one attached hydrogen (secondary N) is 1. The van der Waals surface area contributed by atoms with Gasteiger partial charge in [-0.1, -0.05) is 53.9 Å². The minimum Gasteiger partial charge on any atom is -0.356 e. The second-order valence-electron chi connectivity index (χ2n) is 7.14. The van der Waals surface area contributed by atoms with Crippen LogP contribution in [0.15, 0.2) is 60.2 Å². The maximum absolute atomic E-state index is 6.00. The number of fused-ring (bicyclic) bond motifs is 1. The van der Waals surface area contributed by atoms with E-state index in [2.05, 4.69) is 80.0 Å². The quantitative estimate of drug-likeness (QED) is 0.362. The molecule has 3 rings (SSSR count). The zero-order valence-electron chi connectivity index (χ0n) is 16.9. The van der Waals surface area contributed by atoms with Gasteiger partial charge in [0, 0.05) is 35.9 Å². The fraction of sp³-hybridized carbons (Fsp3) is 0.318. The van der Waals surface area contributed by atoms with Crippen LogP contribution in [-0.4, -0.2) is 27.8 Å². The summed E-state index contributed by atoms with van der Waals surface area (Å²) in [5, 5.41) is 17.4. The van der Waals surface area contributed by atoms with Crippen molar-refractivity contribution in [3.05, 3.63) is 60.2 Å². The standard InChI is InChI=1S/C22H28N5PS/c1-3-20(28)6-4-5-15(2)11-19(13-23)25-22-27-26-21(29-22)17-7-8-18-14-24-10-9-16(18)12-17/h3-5,7-10,12,14-15,19H,6,11,13,23,28H2,1-2H3,(H,25,27)/b5-4-,20-3+. The Bertz CT molecular complexity index is 998. The Labute approximate surface area is 178 Å². The lowest BCUT2D eigenvalue weighted by atomic mass is 10.0. The maximum atomic E-state index is 6.00. The fourth-order valence-electron chi connectivity index (χ4n) is 3.08. The molecule has 0 aliphatic heterocycles. The predicted octanol–water partition coefficient (Wildman–Crippen LogP) is 5.24. The Kier molecular flexibility index (Phi) is 7.87. The Hall–Kier alpha value is -2.14. The van der Waals surface area contributed by atoms with E-state index in [0.29, 0.717) is 12.5 Å². The molecule has 29 heavy (non-hydrogen) atoms. The lowest BCUT2D eigenvalue weighted by Gasteiger charge is -2.18. The summed E-state index contributed by atoms with van der Waals surface area (Å²) in [6.45, 7) is 4.83. The van der Waals surface area contributed by atoms with Gasteiger partial charge in [0.05, 0.1) is 0 Å². The molecule has 3 atom stereocenters. The summed E-state index contributed by atoms with van der Waals surface area (Å²) in [6, 6.07) is 8.42. The smallest absolute Gasteiger partial charge is 0.206 e. The third-order valence-corrected chi connectivity index (χ3v) is 6.24. The number of anilines is 1. The van der Waals surface area contributed by atoms with Crippen LogP contribution in [0.1, 0.15) is 26.7 Å². The van der Waals surface area contributed by atoms with Crippen molar-refractivity contribution in [3.63, 3.8) is 0 Å². The number of hydrogen-bond donors (Lipinski definition) is 2. The van der Waals surface area contributed by atoms with Gasteiger partial charge >= 0.3 is 0 Å². The summed E-state index contributed by atoms with van der Waals surface area (Å²) < 4.78 is 0. The van der Waals surface area contributed by atoms with Crippen LogP contribution in [0.2, 0.25) is 0 Å². The summed E-state index contributed by atoms with van der Waals surface area (Å²) in [5.74, 6) is 0.437. The van der Waals surface area contributed by atoms with Crippen LogP contribution < -0.4 is 11.1 Å². The van der Waals surface area contributed by atoms with Crippen LogP contribution in [0, 0.1) is 5.92 Å². The van der Waals surface area contributed by atoms with E-state index >= 15 is 0 Å². The third kappa shape index (κ3) is 6.17. The van der Waals surface area contributed by atoms with Gasteiger partial charge in [0.25, 0.3) is 0 Å². The molecule has 3 N–H and O–H groups in total. The second kappa shape index (κ2) is 10.6. The first kappa shape index (κ1) is 21.6. The van der Waals surface area contributed by atoms with Gasteiger partial charge in [0.1, 0.15) is 5.01 Å². The van der Waals surface area contributed by atoms with E-state index in [1.165, 1.54) is 5.31 Å². The van der Waals surface area contributed by atoms with E-state index < -0.39 is 0 Å². The summed E-state index contributed by atoms with van der Waals surface area (Å²) >= 11 is 1.56. The molecule has 7 heteroatoms. The molecule has 0 fully saturated rings. The molecule has 0 aliphatic carbocycles. The molecule has 0 bridgehead atoms. The van der Waals surface area contributed by atoms with Gasteiger partial charge in [-0.05, 0) is 43.2 Å². The molecule has 0 spiro atoms. The first-order valence-electron chi connectivity index (χ1n) is 9.80. The van der Waals surface area contributed by atoms with Gasteiger partial charge in [-0.15, -0.1) is 19.4 Å². The molecule has 0 amide bonds. The molecule has 3 unspecified atom stereocenters. The van der Waals surface area contributed by atoms with Crippen LogP contribution in [-0.2, 0) is 0 Å². The summed E-state index contributed by atoms with van der Waals surface area (Å²) in [5.41, 5.74) is 7.06. The normalized spacial score (nSPS) is 14.4. The van der Waals surface area contributed by atoms with Crippen molar-refractivity contribution in [1.29, 1.82) is 0 Å². The van der Waals surface area contributed by atoms with E-state index in [4.69, 9.17) is 5.73 Å². The van der Waals surface area contributed by atoms with Gasteiger partial charge < -0.3 is 11.1 Å². The number of nitrogens with zero attached hydrogens (tertiary/aromatic N) is 3. The van der Waals surface area contributed by atoms with Crippen molar-refractivity contribution < 1.29 is 0 Å². The highest BCUT2D eigenvalue weighted by Crippen LogP contribution is 2.29. The summed E-state index contributed by atoms with van der Waals surface area (Å²) in [6.07, 6.45) is 12.2. The van der Waals surface area contributed by atoms with Gasteiger partial charge in [-0.3, -0.25) is 4.98 Å². The number of aromatic nitrogens is 3. The van der Waals surface area contributed by atoms with E-state index in [9.17, 15) is 0 Å². The van der Waals surface area contributed by atoms with Crippen LogP contribution in [0.25, 0.3) is 21.3 Å². The Morgan fingerprint density at radius 3 is 2.93 bits per heavy atom. The van der Waals surface area contributed by atoms with Crippen LogP contribution >= 0.6 is 20.6 Å². The first-order chi connectivity index (χ1) is 14.1. The van der Waals surface area contributed by atoms with Crippen LogP contribution in [0.4, 0.5) is 5.13 Å². The third-order valence-electron chi connectivity index (χ3n) is 4.77. The average Bonchev–Trinajstić information content (AvgIpc) is 3.21. The van der Waals surface area contributed by atoms with E-state index in [1.807, 2.05) is 12.3 Å². The molecule has 0 aliphatic rings. The lowest BCUT2D eigenvalue weighted by molar-refractivity contribution is 0.561. The molecular weight excluding hydrogens is 397 g/mol. The van der Waals surface area contributed by atoms with Gasteiger partial charge in [0.15, 0.2) is 0 Å². The first-order valence-corrected chi connectivity index (χ1v) is 11.2. The van der Waals surface area contributed by atoms with E-state index in [1.54, 1.807) is 17.5 Å². The van der Waals surface area contributed by atoms with Gasteiger partial charge in [-0.25, -0.2) is 0 Å². The van der Waals surface area contributed by atoms with Crippen LogP contribution in [0.5, 0.6) is 0 Å². The Morgan fingerprint density at radius 2 is 2.14 bits per heavy atom. The zero-order chi connectivity index (χ0) is 20.6. The van der Waals surface area contributed by atoms with Gasteiger partial charge in [0.2, 0.25) is 5.13 Å². The van der Waals surface area contributed by atoms with E-state index in [0.717, 1.165) is 39.3 Å². The lowest BCUT2D eigenvalue weighted by Crippen LogP contribution is -2.30. The summed E-state index contributed by atoms with van der Waals surface area (Å²) in [7, 11) is 2.76. The van der Waals surface area contributed by atoms with Gasteiger partial charge in [-0.2, -0.15) is 0 Å². The maximum Gasteiger partial charge on any atom is 0.206 e. The molecule has 0 radical (unpaired) electrons. The molecular formula is C22H28N5PS. The molecule has 2 heterocycles. The van der Waals surface area contributed by atoms with Crippen molar-refractivity contribution in [3.8, 4) is 10.6 Å².